The zero-order chi connectivity index (χ0) is 46.3. The lowest BCUT2D eigenvalue weighted by Gasteiger charge is -2.38. The molecule has 2 saturated heterocycles. The van der Waals surface area contributed by atoms with E-state index < -0.39 is 140 Å². The summed E-state index contributed by atoms with van der Waals surface area (Å²) in [6.07, 6.45) is -14.2. The van der Waals surface area contributed by atoms with Crippen molar-refractivity contribution in [2.45, 2.75) is 49.1 Å². The van der Waals surface area contributed by atoms with Gasteiger partial charge in [-0.15, -0.1) is 0 Å². The van der Waals surface area contributed by atoms with Crippen molar-refractivity contribution < 1.29 is 131 Å². The number of aromatic nitrogens is 4. The molecule has 68 heavy (non-hydrogen) atoms. The fourth-order valence-corrected chi connectivity index (χ4v) is 13.5. The number of rotatable bonds is 20. The maximum Gasteiger partial charge on any atom is 0.330 e. The number of hydrogen-bond donors (Lipinski definition) is 13. The number of hydrogen-bond acceptors (Lipinski definition) is 38. The van der Waals surface area contributed by atoms with Gasteiger partial charge < -0.3 is 116 Å². The van der Waals surface area contributed by atoms with E-state index in [2.05, 4.69) is 34.9 Å². The molecule has 2 aliphatic rings. The average molecular weight is 1140 g/mol. The lowest BCUT2D eigenvalue weighted by Crippen LogP contribution is -2.37. The van der Waals surface area contributed by atoms with Crippen molar-refractivity contribution >= 4 is 54.8 Å². The Kier molecular flexibility index (Phi) is 28.2. The van der Waals surface area contributed by atoms with Gasteiger partial charge in [0.1, 0.15) is 36.6 Å². The number of aliphatic hydroxyl groups excluding tert-OH is 4. The molecule has 4 heterocycles. The van der Waals surface area contributed by atoms with E-state index in [4.69, 9.17) is 9.47 Å². The molecule has 2 aromatic rings. The van der Waals surface area contributed by atoms with E-state index in [1.54, 1.807) is 9.97 Å². The molecule has 2 aromatic heterocycles. The second-order valence-electron chi connectivity index (χ2n) is 11.3. The van der Waals surface area contributed by atoms with Gasteiger partial charge in [-0.2, -0.15) is 0 Å². The van der Waals surface area contributed by atoms with Crippen LogP contribution in [-0.2, 0) is 76.3 Å². The quantitative estimate of drug-likeness (QED) is 0.0548. The summed E-state index contributed by atoms with van der Waals surface area (Å²) in [5.41, 5.74) is -4.17. The Morgan fingerprint density at radius 2 is 0.706 bits per heavy atom. The molecule has 0 amide bonds. The Bertz CT molecular complexity index is 2390. The first-order chi connectivity index (χ1) is 27.6. The standard InChI is InChI=1S/C18H29N4O32P7.7H3N/c23-9-1-3-21(17(29)19-9)15-13(27)11(25)7(47-15)5-45-55(31,32)49-57(35,36)51-59(39,40)53-61(43,44)54-60(41,42)52-58(37,38)50-56(33,34)46-6-8-12(26)14(28)16(48-8)22-4-2-10(24)20-18(22)30;;;;;;;/h1-4,7-8,11-16,25-28H,5-6H2,(H,31,32)(H,33,34)(H,35,36)(H,37,38)(H,39,40)(H,41,42)(H,43,44)(H,19,23,29)(H,20,24,30);7*1H3/p-6/t7-,8-,11-,12-,13-,14-,15-,16-;;;;;;;/m1......./s1. The summed E-state index contributed by atoms with van der Waals surface area (Å²) in [6.45, 7) is -2.96. The van der Waals surface area contributed by atoms with Crippen LogP contribution >= 0.6 is 54.8 Å². The SMILES string of the molecule is N.N.N.N.N.N.O=c1ccn([C@@H]2O[C@H](COP(=O)([O-])OP(=O)([O-])OP(=O)([O-])OP(=O)([O-])OP(=O)([O-])OP(=O)([O-])OP(=O)([O-])OC[C@H]3O[C@@H](n4ccc(=O)[nH]c4=O)[C@H](O)[C@@H]3O)[C@@H](O)[C@H]2O)c(=O)[nH]1.[NH4+]. The Hall–Kier alpha value is -2.15. The minimum atomic E-state index is -7.23. The summed E-state index contributed by atoms with van der Waals surface area (Å²) in [5, 5.41) is 40.5. The number of aromatic amines is 2. The number of nitrogens with one attached hydrogen (secondary N) is 2. The van der Waals surface area contributed by atoms with Gasteiger partial charge >= 0.3 is 11.4 Å². The van der Waals surface area contributed by atoms with Gasteiger partial charge in [0.25, 0.3) is 65.9 Å². The molecule has 0 saturated carbocycles. The highest BCUT2D eigenvalue weighted by Crippen LogP contribution is 2.71. The molecule has 0 aliphatic carbocycles. The van der Waals surface area contributed by atoms with Crippen molar-refractivity contribution in [3.05, 3.63) is 66.2 Å². The number of phosphoric acid groups is 7. The first-order valence-electron chi connectivity index (χ1n) is 15.0. The van der Waals surface area contributed by atoms with E-state index in [-0.39, 0.29) is 43.1 Å². The van der Waals surface area contributed by atoms with Crippen LogP contribution in [0.3, 0.4) is 0 Å². The van der Waals surface area contributed by atoms with Crippen LogP contribution in [0.5, 0.6) is 0 Å². The van der Waals surface area contributed by atoms with Crippen LogP contribution in [0.1, 0.15) is 12.5 Å². The van der Waals surface area contributed by atoms with Gasteiger partial charge in [0.2, 0.25) is 0 Å². The van der Waals surface area contributed by atoms with Gasteiger partial charge in [-0.05, 0) is 0 Å². The van der Waals surface area contributed by atoms with Crippen LogP contribution in [0.2, 0.25) is 0 Å². The van der Waals surface area contributed by atoms with E-state index in [0.29, 0.717) is 9.13 Å². The van der Waals surface area contributed by atoms with E-state index in [0.717, 1.165) is 24.5 Å². The summed E-state index contributed by atoms with van der Waals surface area (Å²) in [5.74, 6) is 0. The summed E-state index contributed by atoms with van der Waals surface area (Å²) >= 11 is 0. The second-order valence-corrected chi connectivity index (χ2v) is 22.0. The number of nitrogens with zero attached hydrogens (tertiary/aromatic N) is 2. The van der Waals surface area contributed by atoms with Gasteiger partial charge in [-0.3, -0.25) is 60.6 Å². The number of aliphatic hydroxyl groups is 4. The van der Waals surface area contributed by atoms with Crippen LogP contribution in [-0.4, -0.2) is 89.4 Å². The molecule has 404 valence electrons. The summed E-state index contributed by atoms with van der Waals surface area (Å²) in [4.78, 5) is 134. The highest BCUT2D eigenvalue weighted by molar-refractivity contribution is 7.71. The number of H-pyrrole nitrogens is 2. The Labute approximate surface area is 376 Å². The highest BCUT2D eigenvalue weighted by Gasteiger charge is 2.46. The van der Waals surface area contributed by atoms with E-state index in [1.807, 2.05) is 0 Å². The third kappa shape index (κ3) is 20.2. The fraction of sp³-hybridized carbons (Fsp3) is 0.556. The van der Waals surface area contributed by atoms with Gasteiger partial charge in [-0.25, -0.2) is 35.5 Å². The molecular formula is C18H44N11O32P7-6. The fourth-order valence-electron chi connectivity index (χ4n) is 4.63. The molecule has 50 heteroatoms. The number of ether oxygens (including phenoxy) is 2. The molecule has 4 rings (SSSR count). The first-order valence-corrected chi connectivity index (χ1v) is 25.2. The molecule has 0 spiro atoms. The van der Waals surface area contributed by atoms with Crippen molar-refractivity contribution in [1.29, 1.82) is 0 Å². The molecule has 43 nitrogen and oxygen atoms in total. The van der Waals surface area contributed by atoms with Crippen LogP contribution in [0.15, 0.2) is 43.7 Å². The molecule has 0 radical (unpaired) electrons. The Morgan fingerprint density at radius 3 is 0.941 bits per heavy atom. The second kappa shape index (κ2) is 26.5. The summed E-state index contributed by atoms with van der Waals surface area (Å²) < 4.78 is 122. The molecule has 2 aliphatic heterocycles. The average Bonchev–Trinajstić information content (AvgIpc) is 3.48. The van der Waals surface area contributed by atoms with Gasteiger partial charge in [0, 0.05) is 24.5 Å². The molecule has 6 unspecified atom stereocenters. The lowest BCUT2D eigenvalue weighted by atomic mass is 10.1. The Morgan fingerprint density at radius 1 is 0.471 bits per heavy atom. The van der Waals surface area contributed by atoms with Crippen molar-refractivity contribution in [2.24, 2.45) is 0 Å². The van der Waals surface area contributed by atoms with Crippen LogP contribution in [0.4, 0.5) is 0 Å². The zero-order valence-electron chi connectivity index (χ0n) is 33.8. The largest absolute Gasteiger partial charge is 0.756 e. The minimum absolute atomic E-state index is 0. The maximum absolute atomic E-state index is 12.0. The normalized spacial score (nSPS) is 28.2. The summed E-state index contributed by atoms with van der Waals surface area (Å²) in [7, 11) is -48.3. The topological polar surface area (TPSA) is 810 Å². The van der Waals surface area contributed by atoms with Crippen molar-refractivity contribution in [3.63, 3.8) is 0 Å². The van der Waals surface area contributed by atoms with Gasteiger partial charge in [0.15, 0.2) is 12.5 Å². The molecule has 0 bridgehead atoms. The predicted molar refractivity (Wildman–Crippen MR) is 202 cm³/mol. The highest BCUT2D eigenvalue weighted by atomic mass is 31.3. The lowest BCUT2D eigenvalue weighted by molar-refractivity contribution is -0.256. The van der Waals surface area contributed by atoms with Crippen molar-refractivity contribution in [2.75, 3.05) is 13.2 Å². The third-order valence-corrected chi connectivity index (χ3v) is 17.4. The van der Waals surface area contributed by atoms with E-state index in [1.165, 1.54) is 0 Å². The van der Waals surface area contributed by atoms with Gasteiger partial charge in [-0.1, -0.05) is 0 Å². The molecular weight excluding hydrogens is 1100 g/mol. The number of quaternary nitrogens is 1. The molecule has 28 N–H and O–H groups in total. The third-order valence-electron chi connectivity index (χ3n) is 6.92. The van der Waals surface area contributed by atoms with Crippen LogP contribution in [0.25, 0.3) is 0 Å². The maximum atomic E-state index is 12.0. The molecule has 2 fully saturated rings. The van der Waals surface area contributed by atoms with Crippen molar-refractivity contribution in [3.8, 4) is 0 Å². The van der Waals surface area contributed by atoms with Crippen LogP contribution in [0, 0.1) is 0 Å². The Balaban J connectivity index is -0.00000293. The molecule has 0 aromatic carbocycles. The van der Waals surface area contributed by atoms with Gasteiger partial charge in [0.05, 0.1) is 13.2 Å². The smallest absolute Gasteiger partial charge is 0.330 e. The van der Waals surface area contributed by atoms with Crippen LogP contribution < -0.4 is 99.8 Å². The number of phosphoric ester groups is 2. The van der Waals surface area contributed by atoms with Crippen molar-refractivity contribution in [1.82, 2.24) is 62.2 Å². The predicted octanol–water partition coefficient (Wildman–Crippen LogP) is -6.92. The monoisotopic (exact) mass is 1140 g/mol. The van der Waals surface area contributed by atoms with E-state index >= 15 is 0 Å². The molecule has 14 atom stereocenters. The summed E-state index contributed by atoms with van der Waals surface area (Å²) in [6, 6.07) is 1.55. The minimum Gasteiger partial charge on any atom is -0.756 e. The first kappa shape index (κ1) is 72.4. The van der Waals surface area contributed by atoms with E-state index in [9.17, 15) is 106 Å². The zero-order valence-corrected chi connectivity index (χ0v) is 40.1.